The molecule has 16 heavy (non-hydrogen) atoms. The molecule has 0 radical (unpaired) electrons. The van der Waals surface area contributed by atoms with E-state index in [1.807, 2.05) is 6.92 Å². The number of sulfonamides is 1. The standard InChI is InChI=1S/C9H18N2O4S/c1-3-15-9(12)7-16(13,14)11-5-4-10-8(2)6-11/h8,10H,3-7H2,1-2H3/t8-/m0/s1. The van der Waals surface area contributed by atoms with Gasteiger partial charge in [0.15, 0.2) is 5.75 Å². The molecule has 94 valence electrons. The van der Waals surface area contributed by atoms with Crippen LogP contribution in [-0.4, -0.2) is 56.7 Å². The Balaban J connectivity index is 2.59. The van der Waals surface area contributed by atoms with E-state index in [9.17, 15) is 13.2 Å². The molecule has 6 nitrogen and oxygen atoms in total. The fourth-order valence-electron chi connectivity index (χ4n) is 1.59. The highest BCUT2D eigenvalue weighted by Gasteiger charge is 2.29. The predicted octanol–water partition coefficient (Wildman–Crippen LogP) is -0.827. The molecule has 0 aromatic rings. The maximum atomic E-state index is 11.8. The number of piperazine rings is 1. The van der Waals surface area contributed by atoms with E-state index in [4.69, 9.17) is 0 Å². The van der Waals surface area contributed by atoms with Gasteiger partial charge in [-0.2, -0.15) is 4.31 Å². The van der Waals surface area contributed by atoms with Crippen LogP contribution in [0.4, 0.5) is 0 Å². The average Bonchev–Trinajstić information content (AvgIpc) is 2.17. The van der Waals surface area contributed by atoms with Crippen molar-refractivity contribution in [3.05, 3.63) is 0 Å². The highest BCUT2D eigenvalue weighted by molar-refractivity contribution is 7.89. The van der Waals surface area contributed by atoms with Crippen LogP contribution in [0.15, 0.2) is 0 Å². The molecular weight excluding hydrogens is 232 g/mol. The summed E-state index contributed by atoms with van der Waals surface area (Å²) in [6, 6.07) is 0.116. The molecule has 0 unspecified atom stereocenters. The number of hydrogen-bond donors (Lipinski definition) is 1. The van der Waals surface area contributed by atoms with Crippen LogP contribution >= 0.6 is 0 Å². The molecule has 0 saturated carbocycles. The summed E-state index contributed by atoms with van der Waals surface area (Å²) in [5.41, 5.74) is 0. The molecule has 0 aromatic carbocycles. The Morgan fingerprint density at radius 3 is 2.81 bits per heavy atom. The predicted molar refractivity (Wildman–Crippen MR) is 59.5 cm³/mol. The summed E-state index contributed by atoms with van der Waals surface area (Å²) in [7, 11) is -3.52. The van der Waals surface area contributed by atoms with Gasteiger partial charge < -0.3 is 10.1 Å². The third kappa shape index (κ3) is 3.73. The minimum absolute atomic E-state index is 0.116. The van der Waals surface area contributed by atoms with Crippen molar-refractivity contribution >= 4 is 16.0 Å². The van der Waals surface area contributed by atoms with Crippen LogP contribution in [0.3, 0.4) is 0 Å². The average molecular weight is 250 g/mol. The largest absolute Gasteiger partial charge is 0.465 e. The molecule has 1 N–H and O–H groups in total. The minimum atomic E-state index is -3.52. The third-order valence-corrected chi connectivity index (χ3v) is 4.05. The van der Waals surface area contributed by atoms with E-state index in [-0.39, 0.29) is 12.6 Å². The normalized spacial score (nSPS) is 23.0. The van der Waals surface area contributed by atoms with Gasteiger partial charge in [0.2, 0.25) is 10.0 Å². The zero-order chi connectivity index (χ0) is 12.2. The number of esters is 1. The third-order valence-electron chi connectivity index (χ3n) is 2.33. The van der Waals surface area contributed by atoms with E-state index in [1.54, 1.807) is 6.92 Å². The summed E-state index contributed by atoms with van der Waals surface area (Å²) in [5.74, 6) is -1.25. The summed E-state index contributed by atoms with van der Waals surface area (Å²) in [6.45, 7) is 5.19. The Morgan fingerprint density at radius 1 is 1.56 bits per heavy atom. The lowest BCUT2D eigenvalue weighted by Crippen LogP contribution is -2.52. The maximum absolute atomic E-state index is 11.8. The molecule has 0 amide bonds. The Labute approximate surface area is 96.0 Å². The number of rotatable bonds is 4. The van der Waals surface area contributed by atoms with Crippen LogP contribution in [0, 0.1) is 0 Å². The monoisotopic (exact) mass is 250 g/mol. The molecular formula is C9H18N2O4S. The first-order valence-electron chi connectivity index (χ1n) is 5.32. The minimum Gasteiger partial charge on any atom is -0.465 e. The van der Waals surface area contributed by atoms with Crippen molar-refractivity contribution in [2.45, 2.75) is 19.9 Å². The van der Waals surface area contributed by atoms with Gasteiger partial charge in [-0.05, 0) is 13.8 Å². The molecule has 1 atom stereocenters. The quantitative estimate of drug-likeness (QED) is 0.659. The van der Waals surface area contributed by atoms with Gasteiger partial charge in [0.05, 0.1) is 6.61 Å². The van der Waals surface area contributed by atoms with Crippen LogP contribution in [0.1, 0.15) is 13.8 Å². The van der Waals surface area contributed by atoms with Crippen LogP contribution in [0.25, 0.3) is 0 Å². The molecule has 1 aliphatic rings. The lowest BCUT2D eigenvalue weighted by molar-refractivity contribution is -0.140. The van der Waals surface area contributed by atoms with Crippen LogP contribution in [0.5, 0.6) is 0 Å². The van der Waals surface area contributed by atoms with Gasteiger partial charge in [-0.15, -0.1) is 0 Å². The molecule has 1 fully saturated rings. The summed E-state index contributed by atoms with van der Waals surface area (Å²) < 4.78 is 29.6. The Hall–Kier alpha value is -0.660. The first-order valence-corrected chi connectivity index (χ1v) is 6.93. The molecule has 0 aromatic heterocycles. The van der Waals surface area contributed by atoms with Crippen molar-refractivity contribution in [2.24, 2.45) is 0 Å². The highest BCUT2D eigenvalue weighted by atomic mass is 32.2. The molecule has 1 aliphatic heterocycles. The summed E-state index contributed by atoms with van der Waals surface area (Å²) in [6.07, 6.45) is 0. The zero-order valence-electron chi connectivity index (χ0n) is 9.60. The molecule has 7 heteroatoms. The number of carbonyl (C=O) groups excluding carboxylic acids is 1. The Kier molecular flexibility index (Phi) is 4.69. The first kappa shape index (κ1) is 13.4. The zero-order valence-corrected chi connectivity index (χ0v) is 10.4. The molecule has 0 aliphatic carbocycles. The lowest BCUT2D eigenvalue weighted by atomic mass is 10.3. The van der Waals surface area contributed by atoms with E-state index in [0.717, 1.165) is 0 Å². The van der Waals surface area contributed by atoms with Gasteiger partial charge in [0.1, 0.15) is 0 Å². The summed E-state index contributed by atoms with van der Waals surface area (Å²) in [5, 5.41) is 3.14. The van der Waals surface area contributed by atoms with E-state index in [1.165, 1.54) is 4.31 Å². The fraction of sp³-hybridized carbons (Fsp3) is 0.889. The SMILES string of the molecule is CCOC(=O)CS(=O)(=O)N1CCN[C@@H](C)C1. The molecule has 1 saturated heterocycles. The number of nitrogens with one attached hydrogen (secondary N) is 1. The maximum Gasteiger partial charge on any atom is 0.322 e. The number of carbonyl (C=O) groups is 1. The van der Waals surface area contributed by atoms with Gasteiger partial charge in [0.25, 0.3) is 0 Å². The molecule has 0 bridgehead atoms. The van der Waals surface area contributed by atoms with Crippen molar-refractivity contribution in [3.63, 3.8) is 0 Å². The smallest absolute Gasteiger partial charge is 0.322 e. The van der Waals surface area contributed by atoms with Crippen molar-refractivity contribution in [1.82, 2.24) is 9.62 Å². The van der Waals surface area contributed by atoms with Crippen molar-refractivity contribution in [3.8, 4) is 0 Å². The fourth-order valence-corrected chi connectivity index (χ4v) is 2.98. The van der Waals surface area contributed by atoms with Crippen molar-refractivity contribution < 1.29 is 17.9 Å². The van der Waals surface area contributed by atoms with Gasteiger partial charge in [-0.3, -0.25) is 4.79 Å². The van der Waals surface area contributed by atoms with Crippen molar-refractivity contribution in [2.75, 3.05) is 32.0 Å². The summed E-state index contributed by atoms with van der Waals surface area (Å²) >= 11 is 0. The van der Waals surface area contributed by atoms with E-state index in [0.29, 0.717) is 19.6 Å². The second-order valence-electron chi connectivity index (χ2n) is 3.77. The lowest BCUT2D eigenvalue weighted by Gasteiger charge is -2.30. The van der Waals surface area contributed by atoms with Gasteiger partial charge in [-0.25, -0.2) is 8.42 Å². The number of nitrogens with zero attached hydrogens (tertiary/aromatic N) is 1. The van der Waals surface area contributed by atoms with E-state index in [2.05, 4.69) is 10.1 Å². The molecule has 1 rings (SSSR count). The van der Waals surface area contributed by atoms with Crippen LogP contribution < -0.4 is 5.32 Å². The van der Waals surface area contributed by atoms with Gasteiger partial charge in [-0.1, -0.05) is 0 Å². The number of ether oxygens (including phenoxy) is 1. The molecule has 1 heterocycles. The highest BCUT2D eigenvalue weighted by Crippen LogP contribution is 2.07. The van der Waals surface area contributed by atoms with Gasteiger partial charge in [0, 0.05) is 25.7 Å². The van der Waals surface area contributed by atoms with Crippen LogP contribution in [0.2, 0.25) is 0 Å². The molecule has 0 spiro atoms. The van der Waals surface area contributed by atoms with E-state index < -0.39 is 21.7 Å². The Bertz CT molecular complexity index is 341. The van der Waals surface area contributed by atoms with Crippen molar-refractivity contribution in [1.29, 1.82) is 0 Å². The van der Waals surface area contributed by atoms with Crippen LogP contribution in [-0.2, 0) is 19.6 Å². The second-order valence-corrected chi connectivity index (χ2v) is 5.74. The number of hydrogen-bond acceptors (Lipinski definition) is 5. The van der Waals surface area contributed by atoms with Gasteiger partial charge >= 0.3 is 5.97 Å². The summed E-state index contributed by atoms with van der Waals surface area (Å²) in [4.78, 5) is 11.1. The first-order chi connectivity index (χ1) is 7.45. The van der Waals surface area contributed by atoms with E-state index >= 15 is 0 Å². The Morgan fingerprint density at radius 2 is 2.25 bits per heavy atom. The topological polar surface area (TPSA) is 75.7 Å². The second kappa shape index (κ2) is 5.60.